The van der Waals surface area contributed by atoms with Gasteiger partial charge in [0.05, 0.1) is 0 Å². The van der Waals surface area contributed by atoms with Crippen LogP contribution >= 0.6 is 24.0 Å². The van der Waals surface area contributed by atoms with E-state index in [9.17, 15) is 0 Å². The summed E-state index contributed by atoms with van der Waals surface area (Å²) in [4.78, 5) is 0. The summed E-state index contributed by atoms with van der Waals surface area (Å²) >= 11 is 1.49. The van der Waals surface area contributed by atoms with E-state index < -0.39 is 0 Å². The van der Waals surface area contributed by atoms with Crippen LogP contribution in [0.1, 0.15) is 32.6 Å². The fourth-order valence-electron chi connectivity index (χ4n) is 0.604. The van der Waals surface area contributed by atoms with Crippen LogP contribution in [0.15, 0.2) is 0 Å². The zero-order chi connectivity index (χ0) is 5.54. The minimum absolute atomic E-state index is 0. The van der Waals surface area contributed by atoms with Crippen LogP contribution < -0.4 is 0 Å². The molecule has 0 aliphatic carbocycles. The third-order valence-corrected chi connectivity index (χ3v) is 2.15. The molecule has 0 rings (SSSR count). The molecule has 0 atom stereocenters. The van der Waals surface area contributed by atoms with E-state index in [1.807, 2.05) is 0 Å². The van der Waals surface area contributed by atoms with Gasteiger partial charge in [0.2, 0.25) is 0 Å². The van der Waals surface area contributed by atoms with Crippen molar-refractivity contribution in [1.82, 2.24) is 0 Å². The number of unbranched alkanes of at least 4 members (excludes halogenated alkanes) is 3. The molecule has 47 valence electrons. The van der Waals surface area contributed by atoms with Crippen molar-refractivity contribution >= 4 is 24.0 Å². The minimum atomic E-state index is 0. The normalized spacial score (nSPS) is 8.38. The fraction of sp³-hybridized carbons (Fsp3) is 1.00. The predicted octanol–water partition coefficient (Wildman–Crippen LogP) is 3.15. The molecule has 0 aliphatic heterocycles. The third kappa shape index (κ3) is 10.4. The van der Waals surface area contributed by atoms with E-state index in [0.717, 1.165) is 0 Å². The molecule has 0 aromatic carbocycles. The summed E-state index contributed by atoms with van der Waals surface area (Å²) in [5.41, 5.74) is 0. The molecule has 0 saturated carbocycles. The van der Waals surface area contributed by atoms with Crippen molar-refractivity contribution in [1.29, 1.82) is 0 Å². The van der Waals surface area contributed by atoms with Crippen molar-refractivity contribution in [3.63, 3.8) is 0 Å². The number of hydrogen-bond donors (Lipinski definition) is 0. The first-order chi connectivity index (χ1) is 3.41. The summed E-state index contributed by atoms with van der Waals surface area (Å²) in [6.07, 6.45) is 5.77. The van der Waals surface area contributed by atoms with Gasteiger partial charge < -0.3 is 0 Å². The Morgan fingerprint density at radius 3 is 2.12 bits per heavy atom. The van der Waals surface area contributed by atoms with Crippen LogP contribution in [-0.2, 0) is 18.3 Å². The maximum Gasteiger partial charge on any atom is -0.107 e. The van der Waals surface area contributed by atoms with Gasteiger partial charge in [-0.2, -0.15) is 0 Å². The maximum atomic E-state index is 2.26. The zero-order valence-electron chi connectivity index (χ0n) is 5.65. The van der Waals surface area contributed by atoms with Gasteiger partial charge in [-0.1, -0.05) is 0 Å². The molecule has 8 heavy (non-hydrogen) atoms. The van der Waals surface area contributed by atoms with Gasteiger partial charge in [0, 0.05) is 0 Å². The fourth-order valence-corrected chi connectivity index (χ4v) is 1.35. The first-order valence-electron chi connectivity index (χ1n) is 3.21. The minimum Gasteiger partial charge on any atom is -0.107 e. The van der Waals surface area contributed by atoms with E-state index in [4.69, 9.17) is 0 Å². The Hall–Kier alpha value is 1.35. The molecular formula is C6H14IZn. The summed E-state index contributed by atoms with van der Waals surface area (Å²) < 4.78 is 0. The molecule has 0 aromatic heterocycles. The third-order valence-electron chi connectivity index (χ3n) is 1.10. The summed E-state index contributed by atoms with van der Waals surface area (Å²) in [6.45, 7) is 2.26. The molecule has 0 fully saturated rings. The van der Waals surface area contributed by atoms with Crippen molar-refractivity contribution in [2.75, 3.05) is 0 Å². The van der Waals surface area contributed by atoms with Crippen LogP contribution in [0.25, 0.3) is 0 Å². The molecule has 0 bridgehead atoms. The molecule has 0 unspecified atom stereocenters. The summed E-state index contributed by atoms with van der Waals surface area (Å²) in [5, 5.41) is 1.49. The van der Waals surface area contributed by atoms with Crippen molar-refractivity contribution in [2.24, 2.45) is 0 Å². The summed E-state index contributed by atoms with van der Waals surface area (Å²) in [5.74, 6) is 0. The average molecular weight is 278 g/mol. The van der Waals surface area contributed by atoms with Crippen LogP contribution in [0.3, 0.4) is 0 Å². The van der Waals surface area contributed by atoms with Gasteiger partial charge in [-0.3, -0.25) is 0 Å². The molecule has 0 aromatic rings. The molecule has 0 amide bonds. The van der Waals surface area contributed by atoms with E-state index in [-0.39, 0.29) is 24.0 Å². The Kier molecular flexibility index (Phi) is 16.9. The van der Waals surface area contributed by atoms with Crippen LogP contribution in [0.4, 0.5) is 0 Å². The maximum absolute atomic E-state index is 2.26. The second-order valence-electron chi connectivity index (χ2n) is 1.91. The molecule has 0 spiro atoms. The molecule has 0 radical (unpaired) electrons. The smallest absolute Gasteiger partial charge is 0.107 e. The SMILES string of the molecule is CCCCC[CH2][Zn].I. The van der Waals surface area contributed by atoms with Gasteiger partial charge >= 0.3 is 55.9 Å². The molecule has 0 aliphatic rings. The Labute approximate surface area is 79.5 Å². The number of hydrogen-bond acceptors (Lipinski definition) is 0. The quantitative estimate of drug-likeness (QED) is 0.421. The first-order valence-corrected chi connectivity index (χ1v) is 5.31. The Balaban J connectivity index is 0. The molecule has 0 saturated heterocycles. The van der Waals surface area contributed by atoms with Gasteiger partial charge in [0.1, 0.15) is 0 Å². The zero-order valence-corrected chi connectivity index (χ0v) is 10.9. The Morgan fingerprint density at radius 2 is 1.75 bits per heavy atom. The van der Waals surface area contributed by atoms with E-state index in [2.05, 4.69) is 6.92 Å². The average Bonchev–Trinajstić information content (AvgIpc) is 1.69. The molecule has 0 nitrogen and oxygen atoms in total. The summed E-state index contributed by atoms with van der Waals surface area (Å²) in [6, 6.07) is 0. The van der Waals surface area contributed by atoms with Crippen LogP contribution in [0, 0.1) is 0 Å². The van der Waals surface area contributed by atoms with E-state index in [1.165, 1.54) is 49.0 Å². The van der Waals surface area contributed by atoms with Crippen molar-refractivity contribution in [3.05, 3.63) is 0 Å². The van der Waals surface area contributed by atoms with Gasteiger partial charge in [0.15, 0.2) is 0 Å². The van der Waals surface area contributed by atoms with Crippen LogP contribution in [0.2, 0.25) is 5.02 Å². The Morgan fingerprint density at radius 1 is 1.12 bits per heavy atom. The van der Waals surface area contributed by atoms with Gasteiger partial charge in [-0.05, 0) is 0 Å². The van der Waals surface area contributed by atoms with E-state index in [1.54, 1.807) is 0 Å². The van der Waals surface area contributed by atoms with Crippen LogP contribution in [-0.4, -0.2) is 0 Å². The van der Waals surface area contributed by atoms with Crippen molar-refractivity contribution in [2.45, 2.75) is 37.6 Å². The second-order valence-corrected chi connectivity index (χ2v) is 3.40. The number of halogens is 1. The molecular weight excluding hydrogens is 264 g/mol. The molecule has 0 N–H and O–H groups in total. The first kappa shape index (κ1) is 12.1. The topological polar surface area (TPSA) is 0 Å². The van der Waals surface area contributed by atoms with Crippen LogP contribution in [0.5, 0.6) is 0 Å². The molecule has 0 heterocycles. The van der Waals surface area contributed by atoms with E-state index >= 15 is 0 Å². The second kappa shape index (κ2) is 11.2. The predicted molar refractivity (Wildman–Crippen MR) is 44.4 cm³/mol. The summed E-state index contributed by atoms with van der Waals surface area (Å²) in [7, 11) is 0. The van der Waals surface area contributed by atoms with Gasteiger partial charge in [0.25, 0.3) is 0 Å². The van der Waals surface area contributed by atoms with E-state index in [0.29, 0.717) is 0 Å². The Bertz CT molecular complexity index is 27.7. The van der Waals surface area contributed by atoms with Gasteiger partial charge in [-0.15, -0.1) is 24.0 Å². The number of rotatable bonds is 4. The molecule has 2 heteroatoms. The largest absolute Gasteiger partial charge is 0.107 e. The van der Waals surface area contributed by atoms with Gasteiger partial charge in [-0.25, -0.2) is 0 Å². The monoisotopic (exact) mass is 277 g/mol. The standard InChI is InChI=1S/C6H13.HI.Zn/c1-3-5-6-4-2;;/h1,3-6H2,2H3;1H;. The van der Waals surface area contributed by atoms with Crippen molar-refractivity contribution < 1.29 is 18.3 Å². The van der Waals surface area contributed by atoms with Crippen molar-refractivity contribution in [3.8, 4) is 0 Å².